The van der Waals surface area contributed by atoms with Crippen molar-refractivity contribution >= 4 is 11.6 Å². The molecule has 1 aromatic heterocycles. The van der Waals surface area contributed by atoms with Crippen molar-refractivity contribution in [3.8, 4) is 11.3 Å². The number of aromatic nitrogens is 1. The van der Waals surface area contributed by atoms with E-state index in [4.69, 9.17) is 11.6 Å². The summed E-state index contributed by atoms with van der Waals surface area (Å²) in [5.74, 6) is 0. The van der Waals surface area contributed by atoms with Gasteiger partial charge >= 0.3 is 12.4 Å². The first-order valence-electron chi connectivity index (χ1n) is 5.41. The number of pyridine rings is 1. The number of hydrogen-bond donors (Lipinski definition) is 0. The Morgan fingerprint density at radius 2 is 1.67 bits per heavy atom. The lowest BCUT2D eigenvalue weighted by molar-refractivity contribution is -0.138. The molecule has 21 heavy (non-hydrogen) atoms. The quantitative estimate of drug-likeness (QED) is 0.654. The molecule has 1 nitrogen and oxygen atoms in total. The summed E-state index contributed by atoms with van der Waals surface area (Å²) in [6.45, 7) is 0. The summed E-state index contributed by atoms with van der Waals surface area (Å²) in [4.78, 5) is 3.50. The van der Waals surface area contributed by atoms with Gasteiger partial charge in [-0.25, -0.2) is 0 Å². The van der Waals surface area contributed by atoms with Crippen molar-refractivity contribution in [3.05, 3.63) is 52.7 Å². The fourth-order valence-corrected chi connectivity index (χ4v) is 1.86. The third-order valence-corrected chi connectivity index (χ3v) is 2.84. The second kappa shape index (κ2) is 5.22. The number of alkyl halides is 6. The highest BCUT2D eigenvalue weighted by Crippen LogP contribution is 2.36. The van der Waals surface area contributed by atoms with Gasteiger partial charge in [-0.3, -0.25) is 4.98 Å². The first-order valence-corrected chi connectivity index (χ1v) is 5.79. The third kappa shape index (κ3) is 3.47. The highest BCUT2D eigenvalue weighted by atomic mass is 35.5. The maximum atomic E-state index is 12.6. The van der Waals surface area contributed by atoms with E-state index in [1.165, 1.54) is 6.07 Å². The van der Waals surface area contributed by atoms with Crippen molar-refractivity contribution in [1.82, 2.24) is 4.98 Å². The minimum atomic E-state index is -4.63. The highest BCUT2D eigenvalue weighted by molar-refractivity contribution is 6.33. The maximum absolute atomic E-state index is 12.6. The van der Waals surface area contributed by atoms with Crippen LogP contribution >= 0.6 is 11.6 Å². The van der Waals surface area contributed by atoms with Gasteiger partial charge in [-0.1, -0.05) is 23.7 Å². The van der Waals surface area contributed by atoms with Gasteiger partial charge in [-0.15, -0.1) is 0 Å². The third-order valence-electron chi connectivity index (χ3n) is 2.55. The van der Waals surface area contributed by atoms with Crippen LogP contribution in [0.4, 0.5) is 26.3 Å². The smallest absolute Gasteiger partial charge is 0.254 e. The molecule has 0 saturated heterocycles. The van der Waals surface area contributed by atoms with E-state index in [0.29, 0.717) is 12.3 Å². The molecule has 0 fully saturated rings. The predicted octanol–water partition coefficient (Wildman–Crippen LogP) is 5.24. The van der Waals surface area contributed by atoms with Crippen LogP contribution in [-0.4, -0.2) is 4.98 Å². The summed E-state index contributed by atoms with van der Waals surface area (Å²) in [6.07, 6.45) is -8.73. The molecule has 0 amide bonds. The Bertz CT molecular complexity index is 662. The second-order valence-electron chi connectivity index (χ2n) is 4.04. The monoisotopic (exact) mass is 324 g/mol. The van der Waals surface area contributed by atoms with E-state index >= 15 is 0 Å². The van der Waals surface area contributed by atoms with Gasteiger partial charge in [0.2, 0.25) is 0 Å². The topological polar surface area (TPSA) is 12.9 Å². The fraction of sp³-hybridized carbons (Fsp3) is 0.154. The molecule has 8 heteroatoms. The molecule has 1 heterocycles. The summed E-state index contributed by atoms with van der Waals surface area (Å²) in [7, 11) is 0. The summed E-state index contributed by atoms with van der Waals surface area (Å²) in [5.41, 5.74) is -2.34. The molecule has 0 spiro atoms. The lowest BCUT2D eigenvalue weighted by atomic mass is 10.1. The number of halogens is 7. The number of nitrogens with zero attached hydrogens (tertiary/aromatic N) is 1. The second-order valence-corrected chi connectivity index (χ2v) is 4.45. The molecule has 2 rings (SSSR count). The van der Waals surface area contributed by atoms with Crippen LogP contribution in [0.2, 0.25) is 5.02 Å². The van der Waals surface area contributed by atoms with E-state index in [1.807, 2.05) is 6.07 Å². The van der Waals surface area contributed by atoms with E-state index in [1.54, 1.807) is 0 Å². The minimum absolute atomic E-state index is 0.0419. The van der Waals surface area contributed by atoms with Crippen molar-refractivity contribution in [3.63, 3.8) is 0 Å². The van der Waals surface area contributed by atoms with Crippen LogP contribution in [0.1, 0.15) is 11.1 Å². The van der Waals surface area contributed by atoms with Crippen LogP contribution in [0.25, 0.3) is 11.3 Å². The van der Waals surface area contributed by atoms with Crippen molar-refractivity contribution in [2.24, 2.45) is 0 Å². The average Bonchev–Trinajstić information content (AvgIpc) is 2.36. The first-order chi connectivity index (χ1) is 9.59. The van der Waals surface area contributed by atoms with Gasteiger partial charge in [0, 0.05) is 11.8 Å². The Morgan fingerprint density at radius 1 is 1.00 bits per heavy atom. The van der Waals surface area contributed by atoms with E-state index in [9.17, 15) is 26.3 Å². The van der Waals surface area contributed by atoms with E-state index in [-0.39, 0.29) is 16.3 Å². The lowest BCUT2D eigenvalue weighted by Crippen LogP contribution is -2.07. The van der Waals surface area contributed by atoms with Crippen LogP contribution in [0, 0.1) is 6.07 Å². The van der Waals surface area contributed by atoms with Crippen molar-refractivity contribution in [1.29, 1.82) is 0 Å². The summed E-state index contributed by atoms with van der Waals surface area (Å²) in [6, 6.07) is 5.58. The van der Waals surface area contributed by atoms with Crippen LogP contribution in [0.3, 0.4) is 0 Å². The SMILES string of the molecule is FC(F)(F)c1[c]ccc(-c2ncc(C(F)(F)F)cc2Cl)c1. The standard InChI is InChI=1S/C13H5ClF6N/c14-10-5-9(13(18,19)20)6-21-11(10)7-2-1-3-8(4-7)12(15,16)17/h1-2,4-6H. The molecular weight excluding hydrogens is 320 g/mol. The molecule has 1 aromatic carbocycles. The van der Waals surface area contributed by atoms with E-state index in [2.05, 4.69) is 4.98 Å². The van der Waals surface area contributed by atoms with Gasteiger partial charge in [-0.2, -0.15) is 26.3 Å². The molecule has 111 valence electrons. The fourth-order valence-electron chi connectivity index (χ4n) is 1.58. The number of benzene rings is 1. The van der Waals surface area contributed by atoms with Gasteiger partial charge in [0.25, 0.3) is 0 Å². The molecule has 0 unspecified atom stereocenters. The molecule has 1 radical (unpaired) electrons. The van der Waals surface area contributed by atoms with E-state index < -0.39 is 23.5 Å². The van der Waals surface area contributed by atoms with E-state index in [0.717, 1.165) is 12.1 Å². The molecule has 0 atom stereocenters. The lowest BCUT2D eigenvalue weighted by Gasteiger charge is -2.11. The first kappa shape index (κ1) is 15.6. The Labute approximate surface area is 120 Å². The van der Waals surface area contributed by atoms with Gasteiger partial charge in [0.05, 0.1) is 21.8 Å². The maximum Gasteiger partial charge on any atom is 0.417 e. The molecule has 2 aromatic rings. The van der Waals surface area contributed by atoms with Crippen molar-refractivity contribution in [2.45, 2.75) is 12.4 Å². The van der Waals surface area contributed by atoms with Gasteiger partial charge in [0.15, 0.2) is 0 Å². The van der Waals surface area contributed by atoms with Crippen LogP contribution in [0.15, 0.2) is 30.5 Å². The largest absolute Gasteiger partial charge is 0.417 e. The number of hydrogen-bond acceptors (Lipinski definition) is 1. The molecule has 0 aliphatic rings. The Hall–Kier alpha value is -1.76. The van der Waals surface area contributed by atoms with Gasteiger partial charge in [0.1, 0.15) is 0 Å². The Balaban J connectivity index is 2.48. The molecule has 0 saturated carbocycles. The molecule has 0 aliphatic heterocycles. The van der Waals surface area contributed by atoms with Crippen LogP contribution < -0.4 is 0 Å². The summed E-state index contributed by atoms with van der Waals surface area (Å²) >= 11 is 5.68. The van der Waals surface area contributed by atoms with Gasteiger partial charge < -0.3 is 0 Å². The summed E-state index contributed by atoms with van der Waals surface area (Å²) in [5, 5.41) is -0.385. The van der Waals surface area contributed by atoms with Crippen molar-refractivity contribution in [2.75, 3.05) is 0 Å². The number of rotatable bonds is 1. The zero-order chi connectivity index (χ0) is 15.8. The molecule has 0 aliphatic carbocycles. The Morgan fingerprint density at radius 3 is 2.19 bits per heavy atom. The zero-order valence-corrected chi connectivity index (χ0v) is 10.7. The molecular formula is C13H5ClF6N. The minimum Gasteiger partial charge on any atom is -0.254 e. The van der Waals surface area contributed by atoms with Gasteiger partial charge in [-0.05, 0) is 18.2 Å². The van der Waals surface area contributed by atoms with Crippen LogP contribution in [-0.2, 0) is 12.4 Å². The zero-order valence-electron chi connectivity index (χ0n) is 9.98. The average molecular weight is 325 g/mol. The molecule has 0 N–H and O–H groups in total. The normalized spacial score (nSPS) is 12.5. The Kier molecular flexibility index (Phi) is 3.88. The summed E-state index contributed by atoms with van der Waals surface area (Å²) < 4.78 is 75.1. The van der Waals surface area contributed by atoms with Crippen molar-refractivity contribution < 1.29 is 26.3 Å². The van der Waals surface area contributed by atoms with Crippen LogP contribution in [0.5, 0.6) is 0 Å². The highest BCUT2D eigenvalue weighted by Gasteiger charge is 2.33. The molecule has 0 bridgehead atoms. The predicted molar refractivity (Wildman–Crippen MR) is 63.5 cm³/mol.